The fourth-order valence-electron chi connectivity index (χ4n) is 5.98. The van der Waals surface area contributed by atoms with E-state index in [4.69, 9.17) is 4.98 Å². The van der Waals surface area contributed by atoms with Crippen LogP contribution in [0.3, 0.4) is 0 Å². The van der Waals surface area contributed by atoms with E-state index in [0.717, 1.165) is 53.1 Å². The average molecular weight is 498 g/mol. The lowest BCUT2D eigenvalue weighted by Crippen LogP contribution is -2.59. The molecule has 6 rings (SSSR count). The molecule has 1 N–H and O–H groups in total. The predicted octanol–water partition coefficient (Wildman–Crippen LogP) is 4.68. The standard InChI is InChI=1S/C29H28FN5O2/c1-4-25(37)35-16-29(17-35)11-13-34(15-29)28-18(2)26(27-21(30)6-5-7-24(27)36)20-9-8-19(14-22(20)32-28)23-10-12-31-33(23)3/h4-10,12,14,36H,1,11,13,15-17H2,2-3H3. The van der Waals surface area contributed by atoms with Gasteiger partial charge in [0, 0.05) is 66.9 Å². The zero-order chi connectivity index (χ0) is 25.9. The third kappa shape index (κ3) is 3.66. The summed E-state index contributed by atoms with van der Waals surface area (Å²) < 4.78 is 17.0. The molecule has 2 aliphatic heterocycles. The summed E-state index contributed by atoms with van der Waals surface area (Å²) in [4.78, 5) is 21.2. The molecule has 8 heteroatoms. The quantitative estimate of drug-likeness (QED) is 0.415. The Labute approximate surface area is 214 Å². The van der Waals surface area contributed by atoms with E-state index in [1.165, 1.54) is 24.3 Å². The number of benzene rings is 2. The largest absolute Gasteiger partial charge is 0.507 e. The third-order valence-electron chi connectivity index (χ3n) is 7.84. The number of carbonyl (C=O) groups excluding carboxylic acids is 1. The minimum Gasteiger partial charge on any atom is -0.507 e. The highest BCUT2D eigenvalue weighted by Gasteiger charge is 2.49. The van der Waals surface area contributed by atoms with Crippen molar-refractivity contribution < 1.29 is 14.3 Å². The number of aromatic hydroxyl groups is 1. The van der Waals surface area contributed by atoms with E-state index in [2.05, 4.69) is 16.6 Å². The number of carbonyl (C=O) groups is 1. The van der Waals surface area contributed by atoms with Crippen molar-refractivity contribution in [2.24, 2.45) is 12.5 Å². The fourth-order valence-corrected chi connectivity index (χ4v) is 5.98. The number of halogens is 1. The van der Waals surface area contributed by atoms with Gasteiger partial charge in [0.2, 0.25) is 5.91 Å². The van der Waals surface area contributed by atoms with Gasteiger partial charge in [-0.25, -0.2) is 9.37 Å². The highest BCUT2D eigenvalue weighted by Crippen LogP contribution is 2.45. The molecule has 7 nitrogen and oxygen atoms in total. The first-order chi connectivity index (χ1) is 17.8. The fraction of sp³-hybridized carbons (Fsp3) is 0.276. The van der Waals surface area contributed by atoms with Crippen molar-refractivity contribution >= 4 is 22.6 Å². The van der Waals surface area contributed by atoms with E-state index in [0.29, 0.717) is 18.7 Å². The van der Waals surface area contributed by atoms with Crippen molar-refractivity contribution in [3.8, 4) is 28.1 Å². The zero-order valence-electron chi connectivity index (χ0n) is 20.9. The van der Waals surface area contributed by atoms with Crippen LogP contribution in [0.1, 0.15) is 12.0 Å². The number of anilines is 1. The maximum Gasteiger partial charge on any atom is 0.245 e. The zero-order valence-corrected chi connectivity index (χ0v) is 20.9. The minimum absolute atomic E-state index is 0.0264. The Morgan fingerprint density at radius 1 is 1.16 bits per heavy atom. The third-order valence-corrected chi connectivity index (χ3v) is 7.84. The van der Waals surface area contributed by atoms with Gasteiger partial charge >= 0.3 is 0 Å². The maximum absolute atomic E-state index is 15.2. The molecule has 0 unspecified atom stereocenters. The number of nitrogens with zero attached hydrogens (tertiary/aromatic N) is 5. The summed E-state index contributed by atoms with van der Waals surface area (Å²) in [6, 6.07) is 12.2. The molecule has 4 heterocycles. The number of hydrogen-bond donors (Lipinski definition) is 1. The smallest absolute Gasteiger partial charge is 0.245 e. The molecule has 2 aromatic heterocycles. The van der Waals surface area contributed by atoms with Crippen LogP contribution in [0.2, 0.25) is 0 Å². The van der Waals surface area contributed by atoms with Crippen LogP contribution in [0.5, 0.6) is 5.75 Å². The molecular weight excluding hydrogens is 469 g/mol. The lowest BCUT2D eigenvalue weighted by Gasteiger charge is -2.47. The molecule has 1 spiro atoms. The Morgan fingerprint density at radius 3 is 2.68 bits per heavy atom. The number of amides is 1. The van der Waals surface area contributed by atoms with Crippen LogP contribution >= 0.6 is 0 Å². The van der Waals surface area contributed by atoms with E-state index >= 15 is 4.39 Å². The van der Waals surface area contributed by atoms with Crippen molar-refractivity contribution in [3.63, 3.8) is 0 Å². The molecular formula is C29H28FN5O2. The molecule has 1 amide bonds. The number of pyridine rings is 1. The summed E-state index contributed by atoms with van der Waals surface area (Å²) in [6.45, 7) is 8.49. The molecule has 37 heavy (non-hydrogen) atoms. The van der Waals surface area contributed by atoms with Crippen molar-refractivity contribution in [1.29, 1.82) is 0 Å². The van der Waals surface area contributed by atoms with Gasteiger partial charge in [-0.3, -0.25) is 9.48 Å². The van der Waals surface area contributed by atoms with Gasteiger partial charge in [-0.05, 0) is 43.7 Å². The Morgan fingerprint density at radius 2 is 1.97 bits per heavy atom. The van der Waals surface area contributed by atoms with E-state index in [9.17, 15) is 9.90 Å². The number of fused-ring (bicyclic) bond motifs is 1. The molecule has 0 aliphatic carbocycles. The van der Waals surface area contributed by atoms with Crippen molar-refractivity contribution in [1.82, 2.24) is 19.7 Å². The summed E-state index contributed by atoms with van der Waals surface area (Å²) in [6.07, 6.45) is 4.06. The number of rotatable bonds is 4. The highest BCUT2D eigenvalue weighted by molar-refractivity contribution is 6.01. The highest BCUT2D eigenvalue weighted by atomic mass is 19.1. The van der Waals surface area contributed by atoms with Crippen LogP contribution in [0.4, 0.5) is 10.2 Å². The van der Waals surface area contributed by atoms with Crippen LogP contribution < -0.4 is 4.90 Å². The van der Waals surface area contributed by atoms with Crippen molar-refractivity contribution in [2.45, 2.75) is 13.3 Å². The van der Waals surface area contributed by atoms with Crippen LogP contribution in [-0.2, 0) is 11.8 Å². The van der Waals surface area contributed by atoms with E-state index in [1.54, 1.807) is 10.9 Å². The molecule has 4 aromatic rings. The molecule has 0 atom stereocenters. The molecule has 0 radical (unpaired) electrons. The first-order valence-corrected chi connectivity index (χ1v) is 12.4. The van der Waals surface area contributed by atoms with Gasteiger partial charge in [-0.15, -0.1) is 0 Å². The number of likely N-dealkylation sites (tertiary alicyclic amines) is 1. The molecule has 0 bridgehead atoms. The van der Waals surface area contributed by atoms with Crippen LogP contribution in [0, 0.1) is 18.2 Å². The second kappa shape index (κ2) is 8.44. The lowest BCUT2D eigenvalue weighted by atomic mass is 9.79. The number of phenolic OH excluding ortho intramolecular Hbond substituents is 1. The Balaban J connectivity index is 1.49. The van der Waals surface area contributed by atoms with Gasteiger partial charge in [0.05, 0.1) is 16.8 Å². The molecule has 188 valence electrons. The first-order valence-electron chi connectivity index (χ1n) is 12.4. The Hall–Kier alpha value is -4.20. The molecule has 2 aromatic carbocycles. The van der Waals surface area contributed by atoms with Gasteiger partial charge in [0.15, 0.2) is 0 Å². The van der Waals surface area contributed by atoms with E-state index in [-0.39, 0.29) is 22.6 Å². The number of hydrogen-bond acceptors (Lipinski definition) is 5. The Kier molecular flexibility index (Phi) is 5.29. The van der Waals surface area contributed by atoms with Crippen molar-refractivity contribution in [2.75, 3.05) is 31.1 Å². The molecule has 2 saturated heterocycles. The molecule has 2 aliphatic rings. The summed E-state index contributed by atoms with van der Waals surface area (Å²) in [5, 5.41) is 15.8. The number of aromatic nitrogens is 3. The van der Waals surface area contributed by atoms with Crippen LogP contribution in [0.25, 0.3) is 33.3 Å². The predicted molar refractivity (Wildman–Crippen MR) is 142 cm³/mol. The monoisotopic (exact) mass is 497 g/mol. The molecule has 2 fully saturated rings. The average Bonchev–Trinajstić information content (AvgIpc) is 3.50. The second-order valence-corrected chi connectivity index (χ2v) is 10.2. The lowest BCUT2D eigenvalue weighted by molar-refractivity contribution is -0.136. The van der Waals surface area contributed by atoms with E-state index in [1.807, 2.05) is 43.1 Å². The maximum atomic E-state index is 15.2. The summed E-state index contributed by atoms with van der Waals surface area (Å²) >= 11 is 0. The SMILES string of the molecule is C=CC(=O)N1CC2(CCN(c3nc4cc(-c5ccnn5C)ccc4c(-c4c(O)cccc4F)c3C)C2)C1. The summed E-state index contributed by atoms with van der Waals surface area (Å²) in [5.41, 5.74) is 4.29. The number of phenols is 1. The first kappa shape index (κ1) is 23.2. The van der Waals surface area contributed by atoms with Gasteiger partial charge in [0.1, 0.15) is 17.4 Å². The van der Waals surface area contributed by atoms with Gasteiger partial charge in [0.25, 0.3) is 0 Å². The van der Waals surface area contributed by atoms with Gasteiger partial charge in [-0.2, -0.15) is 5.10 Å². The summed E-state index contributed by atoms with van der Waals surface area (Å²) in [5.74, 6) is 0.155. The van der Waals surface area contributed by atoms with Gasteiger partial charge < -0.3 is 14.9 Å². The number of aryl methyl sites for hydroxylation is 1. The van der Waals surface area contributed by atoms with Crippen LogP contribution in [0.15, 0.2) is 61.3 Å². The van der Waals surface area contributed by atoms with Crippen LogP contribution in [-0.4, -0.2) is 56.9 Å². The molecule has 0 saturated carbocycles. The normalized spacial score (nSPS) is 16.4. The van der Waals surface area contributed by atoms with Gasteiger partial charge in [-0.1, -0.05) is 24.8 Å². The minimum atomic E-state index is -0.479. The second-order valence-electron chi connectivity index (χ2n) is 10.2. The van der Waals surface area contributed by atoms with Crippen molar-refractivity contribution in [3.05, 3.63) is 72.7 Å². The topological polar surface area (TPSA) is 74.5 Å². The van der Waals surface area contributed by atoms with E-state index < -0.39 is 5.82 Å². The Bertz CT molecular complexity index is 1550. The summed E-state index contributed by atoms with van der Waals surface area (Å²) in [7, 11) is 1.89.